The molecule has 3 N–H and O–H groups in total. The number of hydrazine groups is 1. The van der Waals surface area contributed by atoms with Gasteiger partial charge in [-0.15, -0.1) is 0 Å². The van der Waals surface area contributed by atoms with E-state index in [0.29, 0.717) is 12.3 Å². The van der Waals surface area contributed by atoms with Gasteiger partial charge in [0.05, 0.1) is 0 Å². The normalized spacial score (nSPS) is 18.2. The standard InChI is InChI=1S/C15H21F3N2/c16-12-8-7-11(14(17)15(12)18)13(20-19)9-6-10-4-2-1-3-5-10/h7-8,10,13,20H,1-6,9,19H2. The van der Waals surface area contributed by atoms with E-state index in [1.165, 1.54) is 38.2 Å². The van der Waals surface area contributed by atoms with E-state index in [9.17, 15) is 13.2 Å². The molecule has 1 aromatic carbocycles. The first kappa shape index (κ1) is 15.3. The fraction of sp³-hybridized carbons (Fsp3) is 0.600. The van der Waals surface area contributed by atoms with Crippen LogP contribution in [0.5, 0.6) is 0 Å². The Labute approximate surface area is 117 Å². The van der Waals surface area contributed by atoms with Crippen LogP contribution in [0.3, 0.4) is 0 Å². The minimum atomic E-state index is -1.43. The lowest BCUT2D eigenvalue weighted by Crippen LogP contribution is -2.29. The van der Waals surface area contributed by atoms with Crippen LogP contribution in [0.15, 0.2) is 12.1 Å². The lowest BCUT2D eigenvalue weighted by Gasteiger charge is -2.24. The molecule has 0 aliphatic heterocycles. The zero-order chi connectivity index (χ0) is 14.5. The highest BCUT2D eigenvalue weighted by Crippen LogP contribution is 2.31. The van der Waals surface area contributed by atoms with E-state index in [1.54, 1.807) is 0 Å². The van der Waals surface area contributed by atoms with E-state index in [2.05, 4.69) is 5.43 Å². The first-order valence-corrected chi connectivity index (χ1v) is 7.23. The van der Waals surface area contributed by atoms with Crippen molar-refractivity contribution in [2.45, 2.75) is 51.0 Å². The van der Waals surface area contributed by atoms with E-state index >= 15 is 0 Å². The minimum Gasteiger partial charge on any atom is -0.271 e. The van der Waals surface area contributed by atoms with Gasteiger partial charge in [-0.3, -0.25) is 11.3 Å². The number of nitrogens with one attached hydrogen (secondary N) is 1. The van der Waals surface area contributed by atoms with E-state index in [1.807, 2.05) is 0 Å². The molecule has 1 aliphatic carbocycles. The van der Waals surface area contributed by atoms with Gasteiger partial charge in [-0.2, -0.15) is 0 Å². The summed E-state index contributed by atoms with van der Waals surface area (Å²) < 4.78 is 40.0. The van der Waals surface area contributed by atoms with Crippen LogP contribution < -0.4 is 11.3 Å². The van der Waals surface area contributed by atoms with Gasteiger partial charge in [-0.25, -0.2) is 13.2 Å². The van der Waals surface area contributed by atoms with Crippen molar-refractivity contribution in [2.75, 3.05) is 0 Å². The number of halogens is 3. The third-order valence-electron chi connectivity index (χ3n) is 4.23. The van der Waals surface area contributed by atoms with Crippen LogP contribution in [0.4, 0.5) is 13.2 Å². The van der Waals surface area contributed by atoms with Crippen molar-refractivity contribution in [1.29, 1.82) is 0 Å². The first-order valence-electron chi connectivity index (χ1n) is 7.23. The lowest BCUT2D eigenvalue weighted by atomic mass is 9.84. The number of nitrogens with two attached hydrogens (primary N) is 1. The maximum absolute atomic E-state index is 13.8. The van der Waals surface area contributed by atoms with Crippen molar-refractivity contribution in [3.63, 3.8) is 0 Å². The van der Waals surface area contributed by atoms with Gasteiger partial charge in [-0.1, -0.05) is 38.2 Å². The highest BCUT2D eigenvalue weighted by atomic mass is 19.2. The number of benzene rings is 1. The Balaban J connectivity index is 2.02. The summed E-state index contributed by atoms with van der Waals surface area (Å²) >= 11 is 0. The smallest absolute Gasteiger partial charge is 0.194 e. The van der Waals surface area contributed by atoms with Crippen LogP contribution in [-0.2, 0) is 0 Å². The maximum Gasteiger partial charge on any atom is 0.194 e. The Hall–Kier alpha value is -1.07. The summed E-state index contributed by atoms with van der Waals surface area (Å²) in [7, 11) is 0. The quantitative estimate of drug-likeness (QED) is 0.488. The molecule has 0 bridgehead atoms. The maximum atomic E-state index is 13.8. The number of rotatable bonds is 5. The molecule has 0 spiro atoms. The van der Waals surface area contributed by atoms with Gasteiger partial charge in [0.15, 0.2) is 17.5 Å². The second-order valence-corrected chi connectivity index (χ2v) is 5.57. The van der Waals surface area contributed by atoms with Crippen LogP contribution in [0, 0.1) is 23.4 Å². The monoisotopic (exact) mass is 286 g/mol. The third-order valence-corrected chi connectivity index (χ3v) is 4.23. The van der Waals surface area contributed by atoms with E-state index in [-0.39, 0.29) is 5.56 Å². The molecule has 112 valence electrons. The Kier molecular flexibility index (Phi) is 5.43. The predicted octanol–water partition coefficient (Wildman–Crippen LogP) is 3.97. The van der Waals surface area contributed by atoms with Crippen molar-refractivity contribution in [1.82, 2.24) is 5.43 Å². The van der Waals surface area contributed by atoms with Crippen molar-refractivity contribution in [3.8, 4) is 0 Å². The van der Waals surface area contributed by atoms with E-state index in [4.69, 9.17) is 5.84 Å². The summed E-state index contributed by atoms with van der Waals surface area (Å²) in [6, 6.07) is 1.73. The molecule has 5 heteroatoms. The zero-order valence-corrected chi connectivity index (χ0v) is 11.5. The summed E-state index contributed by atoms with van der Waals surface area (Å²) in [5.41, 5.74) is 2.62. The van der Waals surface area contributed by atoms with Gasteiger partial charge >= 0.3 is 0 Å². The highest BCUT2D eigenvalue weighted by Gasteiger charge is 2.22. The summed E-state index contributed by atoms with van der Waals surface area (Å²) in [6.07, 6.45) is 7.70. The van der Waals surface area contributed by atoms with E-state index in [0.717, 1.165) is 12.5 Å². The highest BCUT2D eigenvalue weighted by molar-refractivity contribution is 5.23. The molecule has 2 nitrogen and oxygen atoms in total. The molecule has 1 fully saturated rings. The average Bonchev–Trinajstić information content (AvgIpc) is 2.48. The van der Waals surface area contributed by atoms with Gasteiger partial charge in [0, 0.05) is 11.6 Å². The lowest BCUT2D eigenvalue weighted by molar-refractivity contribution is 0.311. The number of hydrogen-bond donors (Lipinski definition) is 2. The van der Waals surface area contributed by atoms with Crippen molar-refractivity contribution in [3.05, 3.63) is 35.1 Å². The molecular formula is C15H21F3N2. The largest absolute Gasteiger partial charge is 0.271 e. The summed E-state index contributed by atoms with van der Waals surface area (Å²) in [5, 5.41) is 0. The Morgan fingerprint density at radius 3 is 2.45 bits per heavy atom. The Morgan fingerprint density at radius 2 is 1.80 bits per heavy atom. The fourth-order valence-electron chi connectivity index (χ4n) is 3.02. The topological polar surface area (TPSA) is 38.0 Å². The van der Waals surface area contributed by atoms with E-state index < -0.39 is 23.5 Å². The Morgan fingerprint density at radius 1 is 1.10 bits per heavy atom. The Bertz CT molecular complexity index is 445. The van der Waals surface area contributed by atoms with Crippen LogP contribution in [-0.4, -0.2) is 0 Å². The molecule has 1 aliphatic rings. The minimum absolute atomic E-state index is 0.0993. The molecule has 0 saturated heterocycles. The molecule has 1 unspecified atom stereocenters. The number of hydrogen-bond acceptors (Lipinski definition) is 2. The second kappa shape index (κ2) is 7.09. The fourth-order valence-corrected chi connectivity index (χ4v) is 3.02. The summed E-state index contributed by atoms with van der Waals surface area (Å²) in [6.45, 7) is 0. The van der Waals surface area contributed by atoms with Gasteiger partial charge < -0.3 is 0 Å². The van der Waals surface area contributed by atoms with Crippen LogP contribution in [0.25, 0.3) is 0 Å². The molecule has 20 heavy (non-hydrogen) atoms. The molecule has 0 radical (unpaired) electrons. The van der Waals surface area contributed by atoms with Crippen LogP contribution in [0.1, 0.15) is 56.6 Å². The van der Waals surface area contributed by atoms with Gasteiger partial charge in [0.25, 0.3) is 0 Å². The third kappa shape index (κ3) is 3.52. The molecule has 0 aromatic heterocycles. The summed E-state index contributed by atoms with van der Waals surface area (Å²) in [5.74, 6) is 2.33. The average molecular weight is 286 g/mol. The van der Waals surface area contributed by atoms with Crippen molar-refractivity contribution in [2.24, 2.45) is 11.8 Å². The molecular weight excluding hydrogens is 265 g/mol. The molecule has 1 atom stereocenters. The second-order valence-electron chi connectivity index (χ2n) is 5.57. The molecule has 0 heterocycles. The van der Waals surface area contributed by atoms with Gasteiger partial charge in [0.2, 0.25) is 0 Å². The molecule has 1 aromatic rings. The van der Waals surface area contributed by atoms with Crippen molar-refractivity contribution < 1.29 is 13.2 Å². The van der Waals surface area contributed by atoms with Crippen LogP contribution in [0.2, 0.25) is 0 Å². The van der Waals surface area contributed by atoms with Crippen molar-refractivity contribution >= 4 is 0 Å². The summed E-state index contributed by atoms with van der Waals surface area (Å²) in [4.78, 5) is 0. The molecule has 1 saturated carbocycles. The van der Waals surface area contributed by atoms with Gasteiger partial charge in [-0.05, 0) is 24.8 Å². The molecule has 0 amide bonds. The first-order chi connectivity index (χ1) is 9.63. The SMILES string of the molecule is NNC(CCC1CCCCC1)c1ccc(F)c(F)c1F. The predicted molar refractivity (Wildman–Crippen MR) is 72.2 cm³/mol. The van der Waals surface area contributed by atoms with Gasteiger partial charge in [0.1, 0.15) is 0 Å². The zero-order valence-electron chi connectivity index (χ0n) is 11.5. The van der Waals surface area contributed by atoms with Crippen LogP contribution >= 0.6 is 0 Å². The molecule has 2 rings (SSSR count).